The Bertz CT molecular complexity index is 1020. The topological polar surface area (TPSA) is 73.0 Å². The molecule has 200 valence electrons. The molecule has 8 heteroatoms. The van der Waals surface area contributed by atoms with Gasteiger partial charge in [-0.2, -0.15) is 0 Å². The van der Waals surface area contributed by atoms with Crippen LogP contribution in [0.3, 0.4) is 0 Å². The van der Waals surface area contributed by atoms with E-state index >= 15 is 0 Å². The van der Waals surface area contributed by atoms with Crippen LogP contribution < -0.4 is 5.32 Å². The van der Waals surface area contributed by atoms with Crippen LogP contribution in [0, 0.1) is 0 Å². The lowest BCUT2D eigenvalue weighted by Gasteiger charge is -2.32. The molecule has 2 aromatic rings. The van der Waals surface area contributed by atoms with Gasteiger partial charge in [-0.1, -0.05) is 36.4 Å². The minimum Gasteiger partial charge on any atom is -0.359 e. The number of hydrogen-bond acceptors (Lipinski definition) is 7. The molecule has 3 rings (SSSR count). The van der Waals surface area contributed by atoms with Crippen molar-refractivity contribution in [1.29, 1.82) is 0 Å². The molecule has 0 aromatic heterocycles. The van der Waals surface area contributed by atoms with Gasteiger partial charge >= 0.3 is 0 Å². The summed E-state index contributed by atoms with van der Waals surface area (Å²) >= 11 is 1.70. The van der Waals surface area contributed by atoms with E-state index in [0.29, 0.717) is 18.5 Å². The van der Waals surface area contributed by atoms with Crippen molar-refractivity contribution in [3.05, 3.63) is 64.7 Å². The first kappa shape index (κ1) is 29.0. The predicted molar refractivity (Wildman–Crippen MR) is 150 cm³/mol. The molecule has 0 radical (unpaired) electrons. The summed E-state index contributed by atoms with van der Waals surface area (Å²) in [5.41, 5.74) is 4.14. The maximum absolute atomic E-state index is 11.8. The van der Waals surface area contributed by atoms with E-state index in [1.165, 1.54) is 11.1 Å². The van der Waals surface area contributed by atoms with E-state index in [1.807, 2.05) is 30.1 Å². The second-order valence-corrected chi connectivity index (χ2v) is 10.8. The van der Waals surface area contributed by atoms with Gasteiger partial charge in [0.05, 0.1) is 6.04 Å². The first-order chi connectivity index (χ1) is 17.9. The maximum atomic E-state index is 11.8. The summed E-state index contributed by atoms with van der Waals surface area (Å²) in [6.07, 6.45) is 3.54. The first-order valence-electron chi connectivity index (χ1n) is 13.0. The standard InChI is InChI=1S/C29H40N4O3S/c1-30-29(36)12-11-26(21-35)32(3)19-27-25(20-34)5-4-6-28(27)37-22-24-9-7-23(8-10-24)13-14-33-17-15-31(2)16-18-33/h4-10,20-21,26H,11-19,22H2,1-3H3,(H,30,36). The Kier molecular flexibility index (Phi) is 11.8. The summed E-state index contributed by atoms with van der Waals surface area (Å²) in [6.45, 7) is 6.13. The molecule has 1 saturated heterocycles. The van der Waals surface area contributed by atoms with Gasteiger partial charge in [-0.25, -0.2) is 0 Å². The van der Waals surface area contributed by atoms with E-state index in [2.05, 4.69) is 46.4 Å². The minimum atomic E-state index is -0.395. The molecule has 0 aliphatic carbocycles. The molecule has 7 nitrogen and oxygen atoms in total. The molecule has 1 unspecified atom stereocenters. The number of piperazine rings is 1. The zero-order chi connectivity index (χ0) is 26.6. The van der Waals surface area contributed by atoms with Crippen LogP contribution >= 0.6 is 11.8 Å². The van der Waals surface area contributed by atoms with Crippen molar-refractivity contribution in [2.75, 3.05) is 53.9 Å². The summed E-state index contributed by atoms with van der Waals surface area (Å²) in [5, 5.41) is 2.59. The highest BCUT2D eigenvalue weighted by molar-refractivity contribution is 7.98. The maximum Gasteiger partial charge on any atom is 0.219 e. The van der Waals surface area contributed by atoms with Crippen molar-refractivity contribution in [1.82, 2.24) is 20.0 Å². The number of rotatable bonds is 14. The van der Waals surface area contributed by atoms with Gasteiger partial charge in [-0.15, -0.1) is 11.8 Å². The minimum absolute atomic E-state index is 0.0878. The number of amides is 1. The Hall–Kier alpha value is -2.52. The largest absolute Gasteiger partial charge is 0.359 e. The number of aldehydes is 2. The van der Waals surface area contributed by atoms with Crippen molar-refractivity contribution in [3.8, 4) is 0 Å². The zero-order valence-corrected chi connectivity index (χ0v) is 23.1. The van der Waals surface area contributed by atoms with E-state index in [1.54, 1.807) is 18.8 Å². The molecule has 1 fully saturated rings. The van der Waals surface area contributed by atoms with Crippen LogP contribution in [0.2, 0.25) is 0 Å². The average molecular weight is 525 g/mol. The molecule has 1 amide bonds. The van der Waals surface area contributed by atoms with E-state index in [9.17, 15) is 14.4 Å². The normalized spacial score (nSPS) is 15.5. The Morgan fingerprint density at radius 1 is 1.08 bits per heavy atom. The van der Waals surface area contributed by atoms with Gasteiger partial charge in [-0.05, 0) is 49.7 Å². The van der Waals surface area contributed by atoms with Crippen molar-refractivity contribution in [3.63, 3.8) is 0 Å². The second kappa shape index (κ2) is 15.0. The number of hydrogen-bond donors (Lipinski definition) is 1. The third-order valence-electron chi connectivity index (χ3n) is 7.10. The molecular formula is C29H40N4O3S. The van der Waals surface area contributed by atoms with E-state index < -0.39 is 6.04 Å². The van der Waals surface area contributed by atoms with Gasteiger partial charge in [0.1, 0.15) is 12.6 Å². The predicted octanol–water partition coefficient (Wildman–Crippen LogP) is 3.11. The lowest BCUT2D eigenvalue weighted by Crippen LogP contribution is -2.45. The summed E-state index contributed by atoms with van der Waals surface area (Å²) in [7, 11) is 5.63. The Labute approximate surface area is 225 Å². The van der Waals surface area contributed by atoms with Crippen LogP contribution in [0.5, 0.6) is 0 Å². The molecular weight excluding hydrogens is 484 g/mol. The lowest BCUT2D eigenvalue weighted by molar-refractivity contribution is -0.121. The van der Waals surface area contributed by atoms with Crippen LogP contribution in [0.1, 0.15) is 39.9 Å². The van der Waals surface area contributed by atoms with Crippen LogP contribution in [-0.2, 0) is 28.3 Å². The van der Waals surface area contributed by atoms with Gasteiger partial charge < -0.3 is 19.9 Å². The molecule has 2 aromatic carbocycles. The molecule has 1 atom stereocenters. The Morgan fingerprint density at radius 2 is 1.78 bits per heavy atom. The van der Waals surface area contributed by atoms with Crippen molar-refractivity contribution in [2.24, 2.45) is 0 Å². The third-order valence-corrected chi connectivity index (χ3v) is 8.27. The fourth-order valence-corrected chi connectivity index (χ4v) is 5.53. The Balaban J connectivity index is 1.59. The van der Waals surface area contributed by atoms with Crippen molar-refractivity contribution < 1.29 is 14.4 Å². The number of nitrogens with one attached hydrogen (secondary N) is 1. The summed E-state index contributed by atoms with van der Waals surface area (Å²) in [5.74, 6) is 0.709. The fourth-order valence-electron chi connectivity index (χ4n) is 4.48. The van der Waals surface area contributed by atoms with Crippen LogP contribution in [0.15, 0.2) is 47.4 Å². The highest BCUT2D eigenvalue weighted by Gasteiger charge is 2.19. The molecule has 1 aliphatic heterocycles. The SMILES string of the molecule is CNC(=O)CCC(C=O)N(C)Cc1c(C=O)cccc1SCc1ccc(CCN2CCN(C)CC2)cc1. The van der Waals surface area contributed by atoms with Gasteiger partial charge in [0.2, 0.25) is 5.91 Å². The monoisotopic (exact) mass is 524 g/mol. The third kappa shape index (κ3) is 9.07. The summed E-state index contributed by atoms with van der Waals surface area (Å²) in [6, 6.07) is 14.2. The van der Waals surface area contributed by atoms with E-state index in [0.717, 1.165) is 67.9 Å². The number of likely N-dealkylation sites (N-methyl/N-ethyl adjacent to an activating group) is 2. The van der Waals surface area contributed by atoms with E-state index in [-0.39, 0.29) is 12.3 Å². The molecule has 1 N–H and O–H groups in total. The van der Waals surface area contributed by atoms with Crippen molar-refractivity contribution >= 4 is 30.2 Å². The van der Waals surface area contributed by atoms with Gasteiger partial charge in [0, 0.05) is 68.9 Å². The first-order valence-corrected chi connectivity index (χ1v) is 14.0. The van der Waals surface area contributed by atoms with Gasteiger partial charge in [0.25, 0.3) is 0 Å². The van der Waals surface area contributed by atoms with Crippen molar-refractivity contribution in [2.45, 2.75) is 42.5 Å². The molecule has 1 heterocycles. The Morgan fingerprint density at radius 3 is 2.43 bits per heavy atom. The summed E-state index contributed by atoms with van der Waals surface area (Å²) in [4.78, 5) is 43.0. The molecule has 37 heavy (non-hydrogen) atoms. The molecule has 0 spiro atoms. The van der Waals surface area contributed by atoms with Crippen LogP contribution in [-0.4, -0.2) is 93.1 Å². The number of carbonyl (C=O) groups is 3. The molecule has 0 saturated carbocycles. The summed E-state index contributed by atoms with van der Waals surface area (Å²) < 4.78 is 0. The van der Waals surface area contributed by atoms with E-state index in [4.69, 9.17) is 0 Å². The highest BCUT2D eigenvalue weighted by atomic mass is 32.2. The number of nitrogens with zero attached hydrogens (tertiary/aromatic N) is 3. The van der Waals surface area contributed by atoms with Crippen LogP contribution in [0.4, 0.5) is 0 Å². The smallest absolute Gasteiger partial charge is 0.219 e. The van der Waals surface area contributed by atoms with Gasteiger partial charge in [-0.3, -0.25) is 14.5 Å². The molecule has 1 aliphatic rings. The number of benzene rings is 2. The van der Waals surface area contributed by atoms with Gasteiger partial charge in [0.15, 0.2) is 0 Å². The number of carbonyl (C=O) groups excluding carboxylic acids is 3. The zero-order valence-electron chi connectivity index (χ0n) is 22.3. The molecule has 0 bridgehead atoms. The number of thioether (sulfide) groups is 1. The fraction of sp³-hybridized carbons (Fsp3) is 0.483. The van der Waals surface area contributed by atoms with Crippen LogP contribution in [0.25, 0.3) is 0 Å². The second-order valence-electron chi connectivity index (χ2n) is 9.77. The average Bonchev–Trinajstić information content (AvgIpc) is 2.92. The lowest BCUT2D eigenvalue weighted by atomic mass is 10.1. The highest BCUT2D eigenvalue weighted by Crippen LogP contribution is 2.29. The quantitative estimate of drug-likeness (QED) is 0.301.